The van der Waals surface area contributed by atoms with Gasteiger partial charge < -0.3 is 19.4 Å². The monoisotopic (exact) mass is 484 g/mol. The Hall–Kier alpha value is -3.11. The summed E-state index contributed by atoms with van der Waals surface area (Å²) >= 11 is 1.30. The van der Waals surface area contributed by atoms with E-state index in [-0.39, 0.29) is 17.5 Å². The number of carbonyl (C=O) groups excluding carboxylic acids is 1. The summed E-state index contributed by atoms with van der Waals surface area (Å²) < 4.78 is 21.3. The van der Waals surface area contributed by atoms with Crippen molar-refractivity contribution in [2.45, 2.75) is 11.7 Å². The fraction of sp³-hybridized carbons (Fsp3) is 0.375. The number of carbonyl (C=O) groups is 1. The van der Waals surface area contributed by atoms with Gasteiger partial charge in [0.1, 0.15) is 5.82 Å². The number of halogens is 1. The summed E-state index contributed by atoms with van der Waals surface area (Å²) in [6.07, 6.45) is 0. The number of rotatable bonds is 8. The van der Waals surface area contributed by atoms with Crippen LogP contribution in [0.2, 0.25) is 0 Å². The largest absolute Gasteiger partial charge is 0.378 e. The van der Waals surface area contributed by atoms with E-state index in [1.807, 2.05) is 53.9 Å². The first kappa shape index (κ1) is 24.0. The maximum Gasteiger partial charge on any atom is 0.233 e. The zero-order chi connectivity index (χ0) is 24.1. The Morgan fingerprint density at radius 2 is 1.82 bits per heavy atom. The van der Waals surface area contributed by atoms with Crippen molar-refractivity contribution >= 4 is 29.3 Å². The second kappa shape index (κ2) is 10.9. The number of nitrogens with zero attached hydrogens (tertiary/aromatic N) is 6. The first-order valence-electron chi connectivity index (χ1n) is 11.1. The fourth-order valence-corrected chi connectivity index (χ4v) is 4.55. The lowest BCUT2D eigenvalue weighted by molar-refractivity contribution is -0.127. The SMILES string of the molecule is CN(Cc1ccc(N(C)C)cc1)C(=O)CSc1nnc(N2CCOCC2)n1-c1cccc(F)c1. The number of aromatic nitrogens is 3. The number of thioether (sulfide) groups is 1. The van der Waals surface area contributed by atoms with Crippen molar-refractivity contribution in [1.82, 2.24) is 19.7 Å². The molecule has 8 nitrogen and oxygen atoms in total. The lowest BCUT2D eigenvalue weighted by Gasteiger charge is -2.28. The average molecular weight is 485 g/mol. The van der Waals surface area contributed by atoms with Gasteiger partial charge in [-0.3, -0.25) is 9.36 Å². The summed E-state index contributed by atoms with van der Waals surface area (Å²) in [6, 6.07) is 14.5. The Morgan fingerprint density at radius 1 is 1.09 bits per heavy atom. The third kappa shape index (κ3) is 5.68. The first-order chi connectivity index (χ1) is 16.4. The zero-order valence-corrected chi connectivity index (χ0v) is 20.5. The predicted octanol–water partition coefficient (Wildman–Crippen LogP) is 3.06. The van der Waals surface area contributed by atoms with E-state index in [9.17, 15) is 9.18 Å². The molecule has 0 atom stereocenters. The summed E-state index contributed by atoms with van der Waals surface area (Å²) in [5.41, 5.74) is 2.79. The van der Waals surface area contributed by atoms with E-state index in [0.717, 1.165) is 11.3 Å². The van der Waals surface area contributed by atoms with Gasteiger partial charge in [-0.05, 0) is 35.9 Å². The molecule has 2 aromatic carbocycles. The highest BCUT2D eigenvalue weighted by molar-refractivity contribution is 7.99. The molecule has 0 N–H and O–H groups in total. The van der Waals surface area contributed by atoms with Gasteiger partial charge in [0, 0.05) is 46.5 Å². The molecule has 0 radical (unpaired) electrons. The third-order valence-electron chi connectivity index (χ3n) is 5.60. The van der Waals surface area contributed by atoms with Gasteiger partial charge in [-0.2, -0.15) is 0 Å². The van der Waals surface area contributed by atoms with Gasteiger partial charge in [-0.25, -0.2) is 4.39 Å². The molecule has 1 aromatic heterocycles. The molecule has 3 aromatic rings. The van der Waals surface area contributed by atoms with Crippen LogP contribution in [0.25, 0.3) is 5.69 Å². The Morgan fingerprint density at radius 3 is 2.50 bits per heavy atom. The van der Waals surface area contributed by atoms with Crippen LogP contribution >= 0.6 is 11.8 Å². The van der Waals surface area contributed by atoms with Gasteiger partial charge in [-0.15, -0.1) is 10.2 Å². The zero-order valence-electron chi connectivity index (χ0n) is 19.6. The fourth-order valence-electron chi connectivity index (χ4n) is 3.66. The van der Waals surface area contributed by atoms with E-state index in [1.54, 1.807) is 18.0 Å². The summed E-state index contributed by atoms with van der Waals surface area (Å²) in [6.45, 7) is 3.05. The van der Waals surface area contributed by atoms with Crippen molar-refractivity contribution in [3.8, 4) is 5.69 Å². The van der Waals surface area contributed by atoms with Crippen LogP contribution in [-0.2, 0) is 16.1 Å². The number of benzene rings is 2. The van der Waals surface area contributed by atoms with Crippen molar-refractivity contribution < 1.29 is 13.9 Å². The molecule has 34 heavy (non-hydrogen) atoms. The molecular formula is C24H29FN6O2S. The van der Waals surface area contributed by atoms with E-state index in [1.165, 1.54) is 23.9 Å². The molecule has 1 fully saturated rings. The van der Waals surface area contributed by atoms with Gasteiger partial charge in [0.2, 0.25) is 11.9 Å². The highest BCUT2D eigenvalue weighted by Crippen LogP contribution is 2.28. The molecule has 1 aliphatic heterocycles. The molecule has 0 aliphatic carbocycles. The van der Waals surface area contributed by atoms with Crippen LogP contribution in [0.5, 0.6) is 0 Å². The van der Waals surface area contributed by atoms with Crippen LogP contribution < -0.4 is 9.80 Å². The molecule has 0 saturated carbocycles. The lowest BCUT2D eigenvalue weighted by atomic mass is 10.2. The van der Waals surface area contributed by atoms with Crippen LogP contribution in [-0.4, -0.2) is 78.8 Å². The van der Waals surface area contributed by atoms with E-state index in [2.05, 4.69) is 15.1 Å². The van der Waals surface area contributed by atoms with Gasteiger partial charge in [-0.1, -0.05) is 30.0 Å². The third-order valence-corrected chi connectivity index (χ3v) is 6.51. The molecule has 0 bridgehead atoms. The molecule has 0 unspecified atom stereocenters. The number of hydrogen-bond acceptors (Lipinski definition) is 7. The summed E-state index contributed by atoms with van der Waals surface area (Å²) in [5.74, 6) is 0.454. The van der Waals surface area contributed by atoms with E-state index >= 15 is 0 Å². The van der Waals surface area contributed by atoms with Crippen LogP contribution in [0.3, 0.4) is 0 Å². The van der Waals surface area contributed by atoms with Crippen molar-refractivity contribution in [2.24, 2.45) is 0 Å². The van der Waals surface area contributed by atoms with Crippen LogP contribution in [0.1, 0.15) is 5.56 Å². The van der Waals surface area contributed by atoms with Crippen molar-refractivity contribution in [1.29, 1.82) is 0 Å². The molecule has 1 aliphatic rings. The lowest BCUT2D eigenvalue weighted by Crippen LogP contribution is -2.37. The van der Waals surface area contributed by atoms with Crippen LogP contribution in [0, 0.1) is 5.82 Å². The van der Waals surface area contributed by atoms with Crippen molar-refractivity contribution in [2.75, 3.05) is 63.0 Å². The van der Waals surface area contributed by atoms with Gasteiger partial charge in [0.15, 0.2) is 5.16 Å². The van der Waals surface area contributed by atoms with Gasteiger partial charge in [0.05, 0.1) is 24.7 Å². The number of amides is 1. The average Bonchev–Trinajstić information content (AvgIpc) is 3.27. The first-order valence-corrected chi connectivity index (χ1v) is 12.1. The van der Waals surface area contributed by atoms with Crippen LogP contribution in [0.4, 0.5) is 16.0 Å². The summed E-state index contributed by atoms with van der Waals surface area (Å²) in [7, 11) is 5.78. The second-order valence-corrected chi connectivity index (χ2v) is 9.24. The molecular weight excluding hydrogens is 455 g/mol. The Labute approximate surface area is 203 Å². The van der Waals surface area contributed by atoms with Gasteiger partial charge >= 0.3 is 0 Å². The Bertz CT molecular complexity index is 1110. The molecule has 1 saturated heterocycles. The normalized spacial score (nSPS) is 13.7. The summed E-state index contributed by atoms with van der Waals surface area (Å²) in [5, 5.41) is 9.25. The van der Waals surface area contributed by atoms with Crippen LogP contribution in [0.15, 0.2) is 53.7 Å². The number of morpholine rings is 1. The minimum Gasteiger partial charge on any atom is -0.378 e. The maximum atomic E-state index is 14.0. The highest BCUT2D eigenvalue weighted by Gasteiger charge is 2.23. The van der Waals surface area contributed by atoms with Crippen molar-refractivity contribution in [3.05, 3.63) is 59.9 Å². The number of ether oxygens (including phenoxy) is 1. The topological polar surface area (TPSA) is 66.7 Å². The minimum absolute atomic E-state index is 0.0246. The minimum atomic E-state index is -0.342. The van der Waals surface area contributed by atoms with E-state index < -0.39 is 0 Å². The van der Waals surface area contributed by atoms with E-state index in [4.69, 9.17) is 4.74 Å². The number of hydrogen-bond donors (Lipinski definition) is 0. The quantitative estimate of drug-likeness (QED) is 0.455. The summed E-state index contributed by atoms with van der Waals surface area (Å²) in [4.78, 5) is 18.7. The predicted molar refractivity (Wildman–Crippen MR) is 132 cm³/mol. The van der Waals surface area contributed by atoms with E-state index in [0.29, 0.717) is 49.6 Å². The molecule has 180 valence electrons. The molecule has 1 amide bonds. The molecule has 10 heteroatoms. The Kier molecular flexibility index (Phi) is 7.69. The maximum absolute atomic E-state index is 14.0. The second-order valence-electron chi connectivity index (χ2n) is 8.30. The number of anilines is 2. The molecule has 2 heterocycles. The van der Waals surface area contributed by atoms with Crippen molar-refractivity contribution in [3.63, 3.8) is 0 Å². The van der Waals surface area contributed by atoms with Gasteiger partial charge in [0.25, 0.3) is 0 Å². The highest BCUT2D eigenvalue weighted by atomic mass is 32.2. The Balaban J connectivity index is 1.47. The molecule has 4 rings (SSSR count). The standard InChI is InChI=1S/C24H29FN6O2S/c1-28(2)20-9-7-18(8-10-20)16-29(3)22(32)17-34-24-27-26-23(30-11-13-33-14-12-30)31(24)21-6-4-5-19(25)15-21/h4-10,15H,11-14,16-17H2,1-3H3. The smallest absolute Gasteiger partial charge is 0.233 e. The molecule has 0 spiro atoms.